The van der Waals surface area contributed by atoms with Crippen LogP contribution in [-0.2, 0) is 0 Å². The number of rotatable bonds is 1. The standard InChI is InChI=1S/C11H17N/c1-11(2,3)10(12)9-7-5-4-6-8-9/h4-8,10H,12H2,1-3H3/t10-/m1/s1. The average molecular weight is 163 g/mol. The third kappa shape index (κ3) is 2.08. The van der Waals surface area contributed by atoms with Crippen LogP contribution in [0.2, 0.25) is 0 Å². The van der Waals surface area contributed by atoms with Gasteiger partial charge in [0.05, 0.1) is 0 Å². The average Bonchev–Trinajstić information content (AvgIpc) is 2.03. The van der Waals surface area contributed by atoms with E-state index in [9.17, 15) is 0 Å². The lowest BCUT2D eigenvalue weighted by atomic mass is 9.83. The lowest BCUT2D eigenvalue weighted by Gasteiger charge is -2.27. The normalized spacial score (nSPS) is 14.3. The molecular formula is C11H17N. The maximum atomic E-state index is 6.07. The molecule has 0 bridgehead atoms. The molecule has 0 aliphatic carbocycles. The molecule has 1 heteroatoms. The Kier molecular flexibility index (Phi) is 2.53. The highest BCUT2D eigenvalue weighted by Gasteiger charge is 2.21. The van der Waals surface area contributed by atoms with Gasteiger partial charge in [-0.05, 0) is 11.0 Å². The molecule has 1 aromatic carbocycles. The lowest BCUT2D eigenvalue weighted by molar-refractivity contribution is 0.327. The van der Waals surface area contributed by atoms with E-state index >= 15 is 0 Å². The van der Waals surface area contributed by atoms with Crippen LogP contribution < -0.4 is 5.73 Å². The number of hydrogen-bond acceptors (Lipinski definition) is 1. The Morgan fingerprint density at radius 2 is 1.58 bits per heavy atom. The molecule has 0 aliphatic rings. The van der Waals surface area contributed by atoms with E-state index < -0.39 is 0 Å². The molecule has 0 radical (unpaired) electrons. The summed E-state index contributed by atoms with van der Waals surface area (Å²) >= 11 is 0. The van der Waals surface area contributed by atoms with E-state index in [-0.39, 0.29) is 11.5 Å². The monoisotopic (exact) mass is 163 g/mol. The molecule has 1 aromatic rings. The topological polar surface area (TPSA) is 26.0 Å². The van der Waals surface area contributed by atoms with Gasteiger partial charge in [-0.15, -0.1) is 0 Å². The minimum Gasteiger partial charge on any atom is -0.324 e. The summed E-state index contributed by atoms with van der Waals surface area (Å²) in [6.45, 7) is 6.47. The first-order valence-corrected chi connectivity index (χ1v) is 4.32. The van der Waals surface area contributed by atoms with E-state index in [1.165, 1.54) is 5.56 Å². The highest BCUT2D eigenvalue weighted by Crippen LogP contribution is 2.29. The Balaban J connectivity index is 2.86. The van der Waals surface area contributed by atoms with Crippen molar-refractivity contribution >= 4 is 0 Å². The van der Waals surface area contributed by atoms with E-state index in [0.717, 1.165) is 0 Å². The van der Waals surface area contributed by atoms with Crippen molar-refractivity contribution in [2.75, 3.05) is 0 Å². The van der Waals surface area contributed by atoms with Gasteiger partial charge in [0.15, 0.2) is 0 Å². The van der Waals surface area contributed by atoms with Gasteiger partial charge in [0.25, 0.3) is 0 Å². The largest absolute Gasteiger partial charge is 0.324 e. The van der Waals surface area contributed by atoms with Gasteiger partial charge in [-0.25, -0.2) is 0 Å². The molecule has 12 heavy (non-hydrogen) atoms. The van der Waals surface area contributed by atoms with Gasteiger partial charge in [0.2, 0.25) is 0 Å². The maximum Gasteiger partial charge on any atom is 0.0344 e. The minimum atomic E-state index is 0.124. The summed E-state index contributed by atoms with van der Waals surface area (Å²) in [5, 5.41) is 0. The summed E-state index contributed by atoms with van der Waals surface area (Å²) in [5.41, 5.74) is 7.43. The molecule has 0 aliphatic heterocycles. The van der Waals surface area contributed by atoms with Crippen molar-refractivity contribution in [2.45, 2.75) is 26.8 Å². The van der Waals surface area contributed by atoms with Gasteiger partial charge >= 0.3 is 0 Å². The minimum absolute atomic E-state index is 0.124. The Morgan fingerprint density at radius 3 is 2.00 bits per heavy atom. The van der Waals surface area contributed by atoms with Gasteiger partial charge in [-0.2, -0.15) is 0 Å². The number of nitrogens with two attached hydrogens (primary N) is 1. The van der Waals surface area contributed by atoms with Crippen LogP contribution in [0.15, 0.2) is 30.3 Å². The van der Waals surface area contributed by atoms with Crippen LogP contribution in [0.5, 0.6) is 0 Å². The van der Waals surface area contributed by atoms with Crippen molar-refractivity contribution in [2.24, 2.45) is 11.1 Å². The molecule has 1 rings (SSSR count). The first kappa shape index (κ1) is 9.27. The van der Waals surface area contributed by atoms with E-state index in [1.54, 1.807) is 0 Å². The summed E-state index contributed by atoms with van der Waals surface area (Å²) in [6.07, 6.45) is 0. The van der Waals surface area contributed by atoms with E-state index in [2.05, 4.69) is 32.9 Å². The first-order valence-electron chi connectivity index (χ1n) is 4.32. The second kappa shape index (κ2) is 3.28. The second-order valence-electron chi connectivity index (χ2n) is 4.25. The fourth-order valence-electron chi connectivity index (χ4n) is 1.16. The molecule has 2 N–H and O–H groups in total. The summed E-state index contributed by atoms with van der Waals surface area (Å²) in [7, 11) is 0. The molecule has 0 fully saturated rings. The van der Waals surface area contributed by atoms with Gasteiger partial charge in [-0.1, -0.05) is 51.1 Å². The molecule has 0 spiro atoms. The maximum absolute atomic E-state index is 6.07. The third-order valence-electron chi connectivity index (χ3n) is 2.09. The van der Waals surface area contributed by atoms with E-state index in [1.807, 2.05) is 18.2 Å². The summed E-state index contributed by atoms with van der Waals surface area (Å²) in [4.78, 5) is 0. The molecular weight excluding hydrogens is 146 g/mol. The quantitative estimate of drug-likeness (QED) is 0.676. The van der Waals surface area contributed by atoms with Crippen LogP contribution in [0.1, 0.15) is 32.4 Å². The molecule has 0 saturated heterocycles. The van der Waals surface area contributed by atoms with Crippen molar-refractivity contribution in [3.05, 3.63) is 35.9 Å². The third-order valence-corrected chi connectivity index (χ3v) is 2.09. The van der Waals surface area contributed by atoms with Crippen LogP contribution in [0.3, 0.4) is 0 Å². The number of benzene rings is 1. The van der Waals surface area contributed by atoms with Gasteiger partial charge in [-0.3, -0.25) is 0 Å². The zero-order chi connectivity index (χ0) is 9.19. The summed E-state index contributed by atoms with van der Waals surface area (Å²) < 4.78 is 0. The van der Waals surface area contributed by atoms with Crippen LogP contribution >= 0.6 is 0 Å². The fourth-order valence-corrected chi connectivity index (χ4v) is 1.16. The Labute approximate surface area is 74.6 Å². The molecule has 0 unspecified atom stereocenters. The van der Waals surface area contributed by atoms with Crippen molar-refractivity contribution in [1.82, 2.24) is 0 Å². The fraction of sp³-hybridized carbons (Fsp3) is 0.455. The molecule has 0 aromatic heterocycles. The van der Waals surface area contributed by atoms with E-state index in [0.29, 0.717) is 0 Å². The molecule has 1 nitrogen and oxygen atoms in total. The van der Waals surface area contributed by atoms with Crippen molar-refractivity contribution in [1.29, 1.82) is 0 Å². The van der Waals surface area contributed by atoms with Crippen molar-refractivity contribution in [3.8, 4) is 0 Å². The first-order chi connectivity index (χ1) is 5.52. The highest BCUT2D eigenvalue weighted by molar-refractivity contribution is 5.19. The van der Waals surface area contributed by atoms with Gasteiger partial charge in [0, 0.05) is 6.04 Å². The zero-order valence-electron chi connectivity index (χ0n) is 8.04. The lowest BCUT2D eigenvalue weighted by Crippen LogP contribution is -2.25. The highest BCUT2D eigenvalue weighted by atomic mass is 14.7. The van der Waals surface area contributed by atoms with Crippen molar-refractivity contribution in [3.63, 3.8) is 0 Å². The van der Waals surface area contributed by atoms with Crippen LogP contribution in [0.25, 0.3) is 0 Å². The predicted octanol–water partition coefficient (Wildman–Crippen LogP) is 2.73. The second-order valence-corrected chi connectivity index (χ2v) is 4.25. The van der Waals surface area contributed by atoms with E-state index in [4.69, 9.17) is 5.73 Å². The van der Waals surface area contributed by atoms with Crippen LogP contribution in [0, 0.1) is 5.41 Å². The molecule has 0 heterocycles. The van der Waals surface area contributed by atoms with Crippen LogP contribution in [0.4, 0.5) is 0 Å². The van der Waals surface area contributed by atoms with Gasteiger partial charge < -0.3 is 5.73 Å². The molecule has 0 saturated carbocycles. The molecule has 66 valence electrons. The molecule has 0 amide bonds. The molecule has 1 atom stereocenters. The van der Waals surface area contributed by atoms with Crippen LogP contribution in [-0.4, -0.2) is 0 Å². The Hall–Kier alpha value is -0.820. The Bertz CT molecular complexity index is 233. The smallest absolute Gasteiger partial charge is 0.0344 e. The predicted molar refractivity (Wildman–Crippen MR) is 52.8 cm³/mol. The number of hydrogen-bond donors (Lipinski definition) is 1. The SMILES string of the molecule is CC(C)(C)[C@H](N)c1ccccc1. The summed E-state index contributed by atoms with van der Waals surface area (Å²) in [5.74, 6) is 0. The van der Waals surface area contributed by atoms with Crippen molar-refractivity contribution < 1.29 is 0 Å². The Morgan fingerprint density at radius 1 is 1.08 bits per heavy atom. The van der Waals surface area contributed by atoms with Gasteiger partial charge in [0.1, 0.15) is 0 Å². The zero-order valence-corrected chi connectivity index (χ0v) is 8.04. The summed E-state index contributed by atoms with van der Waals surface area (Å²) in [6, 6.07) is 10.4.